The van der Waals surface area contributed by atoms with Gasteiger partial charge in [0.2, 0.25) is 0 Å². The van der Waals surface area contributed by atoms with Crippen LogP contribution in [0.5, 0.6) is 0 Å². The minimum atomic E-state index is 0.0908. The Hall–Kier alpha value is -1.37. The molecule has 1 aromatic rings. The van der Waals surface area contributed by atoms with Crippen molar-refractivity contribution in [3.63, 3.8) is 0 Å². The van der Waals surface area contributed by atoms with Gasteiger partial charge in [0.25, 0.3) is 0 Å². The van der Waals surface area contributed by atoms with E-state index < -0.39 is 0 Å². The van der Waals surface area contributed by atoms with Crippen molar-refractivity contribution in [3.8, 4) is 0 Å². The summed E-state index contributed by atoms with van der Waals surface area (Å²) in [6.07, 6.45) is 3.38. The molecule has 14 heavy (non-hydrogen) atoms. The smallest absolute Gasteiger partial charge is 0.185 e. The van der Waals surface area contributed by atoms with E-state index >= 15 is 0 Å². The summed E-state index contributed by atoms with van der Waals surface area (Å²) in [5.41, 5.74) is 4.27. The number of aryl methyl sites for hydroxylation is 3. The highest BCUT2D eigenvalue weighted by Crippen LogP contribution is 2.16. The molecule has 0 saturated carbocycles. The number of carbonyl (C=O) groups is 1. The molecule has 0 radical (unpaired) electrons. The van der Waals surface area contributed by atoms with E-state index in [-0.39, 0.29) is 5.78 Å². The zero-order valence-corrected chi connectivity index (χ0v) is 9.22. The Morgan fingerprint density at radius 3 is 2.21 bits per heavy atom. The number of allylic oxidation sites excluding steroid dienone is 2. The molecular formula is C13H16O. The second-order valence-electron chi connectivity index (χ2n) is 3.62. The van der Waals surface area contributed by atoms with Crippen LogP contribution in [0, 0.1) is 20.8 Å². The number of hydrogen-bond donors (Lipinski definition) is 0. The molecule has 0 amide bonds. The first-order valence-corrected chi connectivity index (χ1v) is 4.81. The van der Waals surface area contributed by atoms with Gasteiger partial charge >= 0.3 is 0 Å². The number of benzene rings is 1. The van der Waals surface area contributed by atoms with E-state index in [0.717, 1.165) is 11.1 Å². The molecule has 0 fully saturated rings. The highest BCUT2D eigenvalue weighted by atomic mass is 16.1. The SMILES string of the molecule is CC=CC(=O)c1cc(C)c(C)cc1C. The first-order valence-electron chi connectivity index (χ1n) is 4.81. The van der Waals surface area contributed by atoms with Crippen molar-refractivity contribution in [2.45, 2.75) is 27.7 Å². The van der Waals surface area contributed by atoms with Crippen LogP contribution < -0.4 is 0 Å². The lowest BCUT2D eigenvalue weighted by molar-refractivity contribution is 0.104. The Labute approximate surface area is 85.5 Å². The predicted molar refractivity (Wildman–Crippen MR) is 59.8 cm³/mol. The van der Waals surface area contributed by atoms with Crippen molar-refractivity contribution >= 4 is 5.78 Å². The van der Waals surface area contributed by atoms with Gasteiger partial charge in [0.1, 0.15) is 0 Å². The standard InChI is InChI=1S/C13H16O/c1-5-6-13(14)12-8-10(3)9(2)7-11(12)4/h5-8H,1-4H3. The topological polar surface area (TPSA) is 17.1 Å². The van der Waals surface area contributed by atoms with Gasteiger partial charge in [0.05, 0.1) is 0 Å². The molecule has 0 aliphatic carbocycles. The molecule has 0 aliphatic heterocycles. The summed E-state index contributed by atoms with van der Waals surface area (Å²) >= 11 is 0. The molecule has 0 aromatic heterocycles. The average molecular weight is 188 g/mol. The number of rotatable bonds is 2. The first-order chi connectivity index (χ1) is 6.56. The largest absolute Gasteiger partial charge is 0.289 e. The number of carbonyl (C=O) groups excluding carboxylic acids is 1. The highest BCUT2D eigenvalue weighted by molar-refractivity contribution is 6.05. The summed E-state index contributed by atoms with van der Waals surface area (Å²) in [6.45, 7) is 7.92. The minimum absolute atomic E-state index is 0.0908. The molecule has 0 spiro atoms. The fourth-order valence-corrected chi connectivity index (χ4v) is 1.47. The van der Waals surface area contributed by atoms with Gasteiger partial charge in [-0.05, 0) is 56.5 Å². The molecule has 0 saturated heterocycles. The van der Waals surface area contributed by atoms with Crippen LogP contribution in [0.2, 0.25) is 0 Å². The molecule has 1 rings (SSSR count). The van der Waals surface area contributed by atoms with Gasteiger partial charge in [-0.3, -0.25) is 4.79 Å². The molecule has 0 atom stereocenters. The second-order valence-corrected chi connectivity index (χ2v) is 3.62. The van der Waals surface area contributed by atoms with Gasteiger partial charge in [0.15, 0.2) is 5.78 Å². The Morgan fingerprint density at radius 1 is 1.07 bits per heavy atom. The van der Waals surface area contributed by atoms with Crippen molar-refractivity contribution in [1.29, 1.82) is 0 Å². The second kappa shape index (κ2) is 4.23. The zero-order valence-electron chi connectivity index (χ0n) is 9.22. The summed E-state index contributed by atoms with van der Waals surface area (Å²) in [5, 5.41) is 0. The normalized spacial score (nSPS) is 10.9. The van der Waals surface area contributed by atoms with Gasteiger partial charge in [-0.25, -0.2) is 0 Å². The van der Waals surface area contributed by atoms with E-state index in [9.17, 15) is 4.79 Å². The molecule has 0 heterocycles. The predicted octanol–water partition coefficient (Wildman–Crippen LogP) is 3.37. The van der Waals surface area contributed by atoms with Crippen LogP contribution in [-0.2, 0) is 0 Å². The van der Waals surface area contributed by atoms with E-state index in [1.165, 1.54) is 11.1 Å². The van der Waals surface area contributed by atoms with E-state index in [1.807, 2.05) is 26.8 Å². The van der Waals surface area contributed by atoms with E-state index in [0.29, 0.717) is 0 Å². The zero-order chi connectivity index (χ0) is 10.7. The van der Waals surface area contributed by atoms with Gasteiger partial charge < -0.3 is 0 Å². The maximum Gasteiger partial charge on any atom is 0.185 e. The molecule has 1 aromatic carbocycles. The molecule has 0 aliphatic rings. The van der Waals surface area contributed by atoms with E-state index in [4.69, 9.17) is 0 Å². The van der Waals surface area contributed by atoms with E-state index in [2.05, 4.69) is 13.0 Å². The molecular weight excluding hydrogens is 172 g/mol. The quantitative estimate of drug-likeness (QED) is 0.513. The van der Waals surface area contributed by atoms with Crippen LogP contribution in [0.3, 0.4) is 0 Å². The lowest BCUT2D eigenvalue weighted by atomic mass is 9.98. The van der Waals surface area contributed by atoms with Gasteiger partial charge in [-0.1, -0.05) is 12.1 Å². The van der Waals surface area contributed by atoms with E-state index in [1.54, 1.807) is 12.2 Å². The lowest BCUT2D eigenvalue weighted by Gasteiger charge is -2.06. The minimum Gasteiger partial charge on any atom is -0.289 e. The van der Waals surface area contributed by atoms with Crippen molar-refractivity contribution in [2.75, 3.05) is 0 Å². The van der Waals surface area contributed by atoms with Crippen LogP contribution in [0.4, 0.5) is 0 Å². The van der Waals surface area contributed by atoms with Crippen molar-refractivity contribution in [2.24, 2.45) is 0 Å². The van der Waals surface area contributed by atoms with Crippen LogP contribution in [0.25, 0.3) is 0 Å². The fourth-order valence-electron chi connectivity index (χ4n) is 1.47. The van der Waals surface area contributed by atoms with Crippen LogP contribution in [0.1, 0.15) is 34.0 Å². The Bertz CT molecular complexity index is 386. The Morgan fingerprint density at radius 2 is 1.64 bits per heavy atom. The molecule has 0 bridgehead atoms. The Kier molecular flexibility index (Phi) is 3.23. The summed E-state index contributed by atoms with van der Waals surface area (Å²) in [4.78, 5) is 11.6. The molecule has 1 heteroatoms. The van der Waals surface area contributed by atoms with Gasteiger partial charge in [-0.15, -0.1) is 0 Å². The van der Waals surface area contributed by atoms with Crippen LogP contribution >= 0.6 is 0 Å². The molecule has 74 valence electrons. The third-order valence-electron chi connectivity index (χ3n) is 2.42. The van der Waals surface area contributed by atoms with Gasteiger partial charge in [0, 0.05) is 5.56 Å². The van der Waals surface area contributed by atoms with Gasteiger partial charge in [-0.2, -0.15) is 0 Å². The highest BCUT2D eigenvalue weighted by Gasteiger charge is 2.06. The maximum absolute atomic E-state index is 11.6. The van der Waals surface area contributed by atoms with Crippen molar-refractivity contribution in [1.82, 2.24) is 0 Å². The number of hydrogen-bond acceptors (Lipinski definition) is 1. The maximum atomic E-state index is 11.6. The fraction of sp³-hybridized carbons (Fsp3) is 0.308. The Balaban J connectivity index is 3.22. The molecule has 1 nitrogen and oxygen atoms in total. The third kappa shape index (κ3) is 2.11. The first kappa shape index (κ1) is 10.7. The number of ketones is 1. The average Bonchev–Trinajstić information content (AvgIpc) is 2.11. The summed E-state index contributed by atoms with van der Waals surface area (Å²) in [5.74, 6) is 0.0908. The van der Waals surface area contributed by atoms with Crippen LogP contribution in [0.15, 0.2) is 24.3 Å². The van der Waals surface area contributed by atoms with Crippen molar-refractivity contribution in [3.05, 3.63) is 46.5 Å². The summed E-state index contributed by atoms with van der Waals surface area (Å²) in [6, 6.07) is 4.03. The lowest BCUT2D eigenvalue weighted by Crippen LogP contribution is -1.99. The third-order valence-corrected chi connectivity index (χ3v) is 2.42. The summed E-state index contributed by atoms with van der Waals surface area (Å²) in [7, 11) is 0. The van der Waals surface area contributed by atoms with Crippen molar-refractivity contribution < 1.29 is 4.79 Å². The monoisotopic (exact) mass is 188 g/mol. The summed E-state index contributed by atoms with van der Waals surface area (Å²) < 4.78 is 0. The molecule has 0 N–H and O–H groups in total. The van der Waals surface area contributed by atoms with Crippen LogP contribution in [-0.4, -0.2) is 5.78 Å². The molecule has 0 unspecified atom stereocenters.